The van der Waals surface area contributed by atoms with Gasteiger partial charge in [0, 0.05) is 25.0 Å². The third-order valence-electron chi connectivity index (χ3n) is 2.75. The van der Waals surface area contributed by atoms with Gasteiger partial charge in [-0.3, -0.25) is 0 Å². The summed E-state index contributed by atoms with van der Waals surface area (Å²) in [7, 11) is 4.08. The van der Waals surface area contributed by atoms with Gasteiger partial charge >= 0.3 is 0 Å². The second kappa shape index (κ2) is 6.21. The van der Waals surface area contributed by atoms with Crippen molar-refractivity contribution >= 4 is 16.5 Å². The third kappa shape index (κ3) is 3.76. The van der Waals surface area contributed by atoms with E-state index < -0.39 is 0 Å². The molecular formula is C12H23N3S. The Morgan fingerprint density at radius 3 is 2.69 bits per heavy atom. The standard InChI is InChI=1S/C12H23N3S/c1-9(2)6-7-15(5)12-14-11(8-16-12)10(3)13-4/h8-10,13H,6-7H2,1-5H3. The van der Waals surface area contributed by atoms with Crippen molar-refractivity contribution in [3.05, 3.63) is 11.1 Å². The maximum Gasteiger partial charge on any atom is 0.185 e. The average molecular weight is 241 g/mol. The Labute approximate surface area is 103 Å². The van der Waals surface area contributed by atoms with Crippen molar-refractivity contribution in [3.8, 4) is 0 Å². The second-order valence-corrected chi connectivity index (χ2v) is 5.51. The van der Waals surface area contributed by atoms with Crippen molar-refractivity contribution in [1.82, 2.24) is 10.3 Å². The highest BCUT2D eigenvalue weighted by atomic mass is 32.1. The first-order chi connectivity index (χ1) is 7.54. The van der Waals surface area contributed by atoms with Gasteiger partial charge in [0.25, 0.3) is 0 Å². The summed E-state index contributed by atoms with van der Waals surface area (Å²) >= 11 is 1.73. The minimum atomic E-state index is 0.337. The third-order valence-corrected chi connectivity index (χ3v) is 3.73. The first kappa shape index (κ1) is 13.5. The molecule has 0 saturated heterocycles. The van der Waals surface area contributed by atoms with Crippen molar-refractivity contribution < 1.29 is 0 Å². The molecule has 0 aliphatic heterocycles. The minimum absolute atomic E-state index is 0.337. The molecule has 1 rings (SSSR count). The van der Waals surface area contributed by atoms with Crippen LogP contribution in [0.4, 0.5) is 5.13 Å². The Morgan fingerprint density at radius 2 is 2.12 bits per heavy atom. The first-order valence-electron chi connectivity index (χ1n) is 5.88. The quantitative estimate of drug-likeness (QED) is 0.830. The summed E-state index contributed by atoms with van der Waals surface area (Å²) < 4.78 is 0. The molecule has 0 aliphatic rings. The molecule has 0 aromatic carbocycles. The van der Waals surface area contributed by atoms with Crippen molar-refractivity contribution in [2.45, 2.75) is 33.2 Å². The fourth-order valence-electron chi connectivity index (χ4n) is 1.35. The van der Waals surface area contributed by atoms with Gasteiger partial charge in [0.15, 0.2) is 5.13 Å². The highest BCUT2D eigenvalue weighted by molar-refractivity contribution is 7.13. The lowest BCUT2D eigenvalue weighted by Crippen LogP contribution is -2.20. The predicted molar refractivity (Wildman–Crippen MR) is 72.3 cm³/mol. The molecule has 1 heterocycles. The van der Waals surface area contributed by atoms with E-state index in [4.69, 9.17) is 0 Å². The van der Waals surface area contributed by atoms with Gasteiger partial charge in [-0.15, -0.1) is 11.3 Å². The number of aromatic nitrogens is 1. The van der Waals surface area contributed by atoms with E-state index in [2.05, 4.69) is 48.4 Å². The SMILES string of the molecule is CNC(C)c1csc(N(C)CCC(C)C)n1. The molecule has 0 fully saturated rings. The smallest absolute Gasteiger partial charge is 0.185 e. The molecule has 1 N–H and O–H groups in total. The second-order valence-electron chi connectivity index (χ2n) is 4.67. The van der Waals surface area contributed by atoms with Crippen LogP contribution in [0, 0.1) is 5.92 Å². The molecule has 16 heavy (non-hydrogen) atoms. The van der Waals surface area contributed by atoms with Crippen LogP contribution in [0.5, 0.6) is 0 Å². The normalized spacial score (nSPS) is 13.1. The summed E-state index contributed by atoms with van der Waals surface area (Å²) in [5.74, 6) is 0.748. The molecule has 0 saturated carbocycles. The molecular weight excluding hydrogens is 218 g/mol. The van der Waals surface area contributed by atoms with Crippen LogP contribution >= 0.6 is 11.3 Å². The van der Waals surface area contributed by atoms with Gasteiger partial charge in [-0.2, -0.15) is 0 Å². The zero-order valence-corrected chi connectivity index (χ0v) is 11.8. The van der Waals surface area contributed by atoms with Crippen LogP contribution < -0.4 is 10.2 Å². The van der Waals surface area contributed by atoms with Crippen LogP contribution in [0.2, 0.25) is 0 Å². The van der Waals surface area contributed by atoms with Crippen molar-refractivity contribution in [3.63, 3.8) is 0 Å². The number of thiazole rings is 1. The monoisotopic (exact) mass is 241 g/mol. The summed E-state index contributed by atoms with van der Waals surface area (Å²) in [6, 6.07) is 0.337. The highest BCUT2D eigenvalue weighted by Gasteiger charge is 2.10. The van der Waals surface area contributed by atoms with Crippen LogP contribution in [0.3, 0.4) is 0 Å². The number of anilines is 1. The molecule has 92 valence electrons. The zero-order valence-electron chi connectivity index (χ0n) is 10.9. The first-order valence-corrected chi connectivity index (χ1v) is 6.76. The number of hydrogen-bond donors (Lipinski definition) is 1. The van der Waals surface area contributed by atoms with Crippen molar-refractivity contribution in [2.75, 3.05) is 25.5 Å². The zero-order chi connectivity index (χ0) is 12.1. The van der Waals surface area contributed by atoms with E-state index in [1.807, 2.05) is 7.05 Å². The van der Waals surface area contributed by atoms with Crippen LogP contribution in [0.1, 0.15) is 38.9 Å². The lowest BCUT2D eigenvalue weighted by atomic mass is 10.1. The van der Waals surface area contributed by atoms with E-state index in [1.165, 1.54) is 6.42 Å². The molecule has 0 spiro atoms. The van der Waals surface area contributed by atoms with Gasteiger partial charge in [-0.1, -0.05) is 13.8 Å². The molecule has 0 radical (unpaired) electrons. The summed E-state index contributed by atoms with van der Waals surface area (Å²) in [6.45, 7) is 7.72. The molecule has 0 amide bonds. The lowest BCUT2D eigenvalue weighted by molar-refractivity contribution is 0.583. The molecule has 1 atom stereocenters. The molecule has 3 nitrogen and oxygen atoms in total. The predicted octanol–water partition coefficient (Wildman–Crippen LogP) is 2.91. The van der Waals surface area contributed by atoms with Gasteiger partial charge in [0.1, 0.15) is 0 Å². The molecule has 0 bridgehead atoms. The Kier molecular flexibility index (Phi) is 5.22. The van der Waals surface area contributed by atoms with Gasteiger partial charge in [-0.05, 0) is 26.3 Å². The summed E-state index contributed by atoms with van der Waals surface area (Å²) in [4.78, 5) is 6.89. The topological polar surface area (TPSA) is 28.2 Å². The van der Waals surface area contributed by atoms with Crippen LogP contribution in [0.15, 0.2) is 5.38 Å². The maximum atomic E-state index is 4.64. The molecule has 0 aliphatic carbocycles. The van der Waals surface area contributed by atoms with E-state index in [0.29, 0.717) is 6.04 Å². The molecule has 4 heteroatoms. The highest BCUT2D eigenvalue weighted by Crippen LogP contribution is 2.23. The van der Waals surface area contributed by atoms with Crippen molar-refractivity contribution in [2.24, 2.45) is 5.92 Å². The molecule has 1 aromatic heterocycles. The number of nitrogens with one attached hydrogen (secondary N) is 1. The lowest BCUT2D eigenvalue weighted by Gasteiger charge is -2.17. The number of rotatable bonds is 6. The van der Waals surface area contributed by atoms with Crippen molar-refractivity contribution in [1.29, 1.82) is 0 Å². The number of nitrogens with zero attached hydrogens (tertiary/aromatic N) is 2. The summed E-state index contributed by atoms with van der Waals surface area (Å²) in [5, 5.41) is 6.47. The van der Waals surface area contributed by atoms with E-state index in [9.17, 15) is 0 Å². The Bertz CT molecular complexity index is 309. The van der Waals surface area contributed by atoms with Crippen LogP contribution in [-0.2, 0) is 0 Å². The molecule has 1 unspecified atom stereocenters. The summed E-state index contributed by atoms with van der Waals surface area (Å²) in [5.41, 5.74) is 1.14. The minimum Gasteiger partial charge on any atom is -0.351 e. The van der Waals surface area contributed by atoms with Gasteiger partial charge < -0.3 is 10.2 Å². The van der Waals surface area contributed by atoms with E-state index in [1.54, 1.807) is 11.3 Å². The fourth-order valence-corrected chi connectivity index (χ4v) is 2.26. The Balaban J connectivity index is 2.56. The van der Waals surface area contributed by atoms with Gasteiger partial charge in [0.05, 0.1) is 5.69 Å². The van der Waals surface area contributed by atoms with Crippen LogP contribution in [0.25, 0.3) is 0 Å². The Hall–Kier alpha value is -0.610. The van der Waals surface area contributed by atoms with E-state index >= 15 is 0 Å². The van der Waals surface area contributed by atoms with E-state index in [-0.39, 0.29) is 0 Å². The summed E-state index contributed by atoms with van der Waals surface area (Å²) in [6.07, 6.45) is 1.22. The van der Waals surface area contributed by atoms with Crippen LogP contribution in [-0.4, -0.2) is 25.6 Å². The number of hydrogen-bond acceptors (Lipinski definition) is 4. The Morgan fingerprint density at radius 1 is 1.44 bits per heavy atom. The van der Waals surface area contributed by atoms with E-state index in [0.717, 1.165) is 23.3 Å². The largest absolute Gasteiger partial charge is 0.351 e. The molecule has 1 aromatic rings. The van der Waals surface area contributed by atoms with Gasteiger partial charge in [0.2, 0.25) is 0 Å². The average Bonchev–Trinajstić information content (AvgIpc) is 2.74. The van der Waals surface area contributed by atoms with Gasteiger partial charge in [-0.25, -0.2) is 4.98 Å². The fraction of sp³-hybridized carbons (Fsp3) is 0.750. The maximum absolute atomic E-state index is 4.64.